The first kappa shape index (κ1) is 40.5. The average molecular weight is 868 g/mol. The van der Waals surface area contributed by atoms with Crippen molar-refractivity contribution in [1.82, 2.24) is 0 Å². The Morgan fingerprint density at radius 3 is 1.47 bits per heavy atom. The maximum atomic E-state index is 9.22. The fourth-order valence-electron chi connectivity index (χ4n) is 11.1. The number of anilines is 6. The van der Waals surface area contributed by atoms with Crippen molar-refractivity contribution in [2.24, 2.45) is 0 Å². The van der Waals surface area contributed by atoms with E-state index in [1.54, 1.807) is 0 Å². The fraction of sp³-hybridized carbons (Fsp3) is 0.333. The van der Waals surface area contributed by atoms with Gasteiger partial charge in [0, 0.05) is 43.7 Å². The van der Waals surface area contributed by atoms with Crippen LogP contribution in [0.1, 0.15) is 140 Å². The van der Waals surface area contributed by atoms with E-state index in [2.05, 4.69) is 227 Å². The second-order valence-electron chi connectivity index (χ2n) is 24.0. The van der Waals surface area contributed by atoms with Crippen LogP contribution in [-0.2, 0) is 27.1 Å². The molecule has 0 bridgehead atoms. The van der Waals surface area contributed by atoms with Gasteiger partial charge >= 0.3 is 0 Å². The Balaban J connectivity index is 1.43. The van der Waals surface area contributed by atoms with Gasteiger partial charge in [-0.1, -0.05) is 181 Å². The molecular formula is C63H69BN2. The predicted octanol–water partition coefficient (Wildman–Crippen LogP) is 15.7. The second kappa shape index (κ2) is 15.1. The van der Waals surface area contributed by atoms with Gasteiger partial charge in [-0.15, -0.1) is 0 Å². The minimum Gasteiger partial charge on any atom is -0.311 e. The van der Waals surface area contributed by atoms with Crippen LogP contribution < -0.4 is 26.2 Å². The van der Waals surface area contributed by atoms with E-state index >= 15 is 0 Å². The molecule has 0 saturated heterocycles. The van der Waals surface area contributed by atoms with Crippen LogP contribution in [0.4, 0.5) is 34.1 Å². The van der Waals surface area contributed by atoms with Crippen LogP contribution in [0.2, 0.25) is 0 Å². The molecule has 1 aliphatic carbocycles. The van der Waals surface area contributed by atoms with Crippen molar-refractivity contribution in [2.75, 3.05) is 9.80 Å². The van der Waals surface area contributed by atoms with Gasteiger partial charge in [0.05, 0.1) is 5.69 Å². The van der Waals surface area contributed by atoms with Crippen LogP contribution in [0, 0.1) is 6.85 Å². The maximum Gasteiger partial charge on any atom is 0.252 e. The van der Waals surface area contributed by atoms with E-state index in [-0.39, 0.29) is 33.8 Å². The molecule has 7 aromatic rings. The molecule has 10 rings (SSSR count). The lowest BCUT2D eigenvalue weighted by Gasteiger charge is -2.48. The Labute approximate surface area is 401 Å². The molecule has 0 saturated carbocycles. The van der Waals surface area contributed by atoms with Crippen LogP contribution in [0.3, 0.4) is 0 Å². The van der Waals surface area contributed by atoms with Crippen LogP contribution in [-0.4, -0.2) is 6.71 Å². The average Bonchev–Trinajstić information content (AvgIpc) is 3.29. The molecule has 3 aliphatic rings. The first-order valence-corrected chi connectivity index (χ1v) is 24.3. The van der Waals surface area contributed by atoms with Gasteiger partial charge in [-0.3, -0.25) is 0 Å². The molecule has 0 aromatic heterocycles. The van der Waals surface area contributed by atoms with Crippen molar-refractivity contribution in [3.05, 3.63) is 173 Å². The Bertz CT molecular complexity index is 3080. The molecular weight excluding hydrogens is 796 g/mol. The number of aryl methyl sites for hydroxylation is 1. The summed E-state index contributed by atoms with van der Waals surface area (Å²) in [7, 11) is 0. The molecule has 2 heterocycles. The summed E-state index contributed by atoms with van der Waals surface area (Å²) < 4.78 is 27.7. The van der Waals surface area contributed by atoms with Crippen molar-refractivity contribution >= 4 is 57.2 Å². The smallest absolute Gasteiger partial charge is 0.252 e. The molecule has 7 aromatic carbocycles. The van der Waals surface area contributed by atoms with E-state index < -0.39 is 6.85 Å². The van der Waals surface area contributed by atoms with Crippen molar-refractivity contribution in [1.29, 1.82) is 0 Å². The highest BCUT2D eigenvalue weighted by Crippen LogP contribution is 2.54. The van der Waals surface area contributed by atoms with E-state index in [0.29, 0.717) is 5.56 Å². The van der Waals surface area contributed by atoms with Crippen LogP contribution in [0.15, 0.2) is 140 Å². The number of benzene rings is 7. The summed E-state index contributed by atoms with van der Waals surface area (Å²) in [4.78, 5) is 4.88. The number of hydrogen-bond donors (Lipinski definition) is 0. The van der Waals surface area contributed by atoms with Gasteiger partial charge in [-0.05, 0) is 156 Å². The summed E-state index contributed by atoms with van der Waals surface area (Å²) >= 11 is 0. The number of rotatable bonds is 4. The largest absolute Gasteiger partial charge is 0.311 e. The molecule has 3 heteroatoms. The summed E-state index contributed by atoms with van der Waals surface area (Å²) in [6.07, 6.45) is 2.17. The Hall–Kier alpha value is -5.80. The van der Waals surface area contributed by atoms with E-state index in [9.17, 15) is 4.11 Å². The van der Waals surface area contributed by atoms with Gasteiger partial charge in [0.15, 0.2) is 0 Å². The molecule has 0 fully saturated rings. The summed E-state index contributed by atoms with van der Waals surface area (Å²) in [5.74, 6) is 0. The Morgan fingerprint density at radius 2 is 0.955 bits per heavy atom. The zero-order chi connectivity index (χ0) is 49.4. The molecule has 0 atom stereocenters. The van der Waals surface area contributed by atoms with Crippen LogP contribution in [0.25, 0.3) is 22.3 Å². The van der Waals surface area contributed by atoms with Gasteiger partial charge in [-0.2, -0.15) is 0 Å². The van der Waals surface area contributed by atoms with Crippen LogP contribution in [0.5, 0.6) is 0 Å². The summed E-state index contributed by atoms with van der Waals surface area (Å²) in [6, 6.07) is 51.6. The van der Waals surface area contributed by atoms with Gasteiger partial charge in [0.2, 0.25) is 0 Å². The predicted molar refractivity (Wildman–Crippen MR) is 287 cm³/mol. The van der Waals surface area contributed by atoms with E-state index in [0.717, 1.165) is 74.7 Å². The lowest BCUT2D eigenvalue weighted by Crippen LogP contribution is -2.62. The molecule has 2 nitrogen and oxygen atoms in total. The first-order valence-electron chi connectivity index (χ1n) is 25.8. The molecule has 0 amide bonds. The zero-order valence-electron chi connectivity index (χ0n) is 44.7. The van der Waals surface area contributed by atoms with Crippen molar-refractivity contribution in [3.63, 3.8) is 0 Å². The lowest BCUT2D eigenvalue weighted by atomic mass is 9.33. The standard InChI is InChI=1S/C63H69BN2/c1-40-33-55-57-56(34-40)66(58-47(41-21-17-15-18-22-41)35-45(61(8,9)10)36-48(58)42-23-19-16-20-24-42)54-39-50-49(62(11,12)31-32-63(50,13)14)38-52(54)64(57)51-37-44(60(5,6)7)27-30-53(51)65(55)46-28-25-43(26-29-46)59(2,3)4/h15-30,33-39H,31-32H2,1-14H3/i1D3. The number of fused-ring (bicyclic) bond motifs is 5. The van der Waals surface area contributed by atoms with Crippen LogP contribution >= 0.6 is 0 Å². The van der Waals surface area contributed by atoms with Gasteiger partial charge in [0.1, 0.15) is 0 Å². The lowest BCUT2D eigenvalue weighted by molar-refractivity contribution is 0.332. The number of nitrogens with zero attached hydrogens (tertiary/aromatic N) is 2. The van der Waals surface area contributed by atoms with Gasteiger partial charge in [0.25, 0.3) is 6.71 Å². The summed E-state index contributed by atoms with van der Waals surface area (Å²) in [5, 5.41) is 0. The van der Waals surface area contributed by atoms with Crippen molar-refractivity contribution in [2.45, 2.75) is 137 Å². The summed E-state index contributed by atoms with van der Waals surface area (Å²) in [6.45, 7) is 27.7. The first-order chi connectivity index (χ1) is 32.2. The Morgan fingerprint density at radius 1 is 0.470 bits per heavy atom. The topological polar surface area (TPSA) is 6.48 Å². The molecule has 0 spiro atoms. The fourth-order valence-corrected chi connectivity index (χ4v) is 11.1. The van der Waals surface area contributed by atoms with Gasteiger partial charge in [-0.25, -0.2) is 0 Å². The molecule has 0 radical (unpaired) electrons. The monoisotopic (exact) mass is 868 g/mol. The maximum absolute atomic E-state index is 9.22. The van der Waals surface area contributed by atoms with Crippen molar-refractivity contribution in [3.8, 4) is 22.3 Å². The van der Waals surface area contributed by atoms with E-state index in [1.165, 1.54) is 38.7 Å². The highest BCUT2D eigenvalue weighted by atomic mass is 15.2. The minimum atomic E-state index is -2.40. The minimum absolute atomic E-state index is 0.0352. The highest BCUT2D eigenvalue weighted by molar-refractivity contribution is 7.00. The molecule has 0 N–H and O–H groups in total. The molecule has 66 heavy (non-hydrogen) atoms. The zero-order valence-corrected chi connectivity index (χ0v) is 41.7. The third-order valence-electron chi connectivity index (χ3n) is 15.3. The molecule has 0 unspecified atom stereocenters. The quantitative estimate of drug-likeness (QED) is 0.163. The van der Waals surface area contributed by atoms with E-state index in [4.69, 9.17) is 0 Å². The number of hydrogen-bond acceptors (Lipinski definition) is 2. The SMILES string of the molecule is [2H]C([2H])([2H])c1cc2c3c(c1)N(c1c(-c4ccccc4)cc(C(C)(C)C)cc1-c1ccccc1)c1cc4c(cc1B3c1cc(C(C)(C)C)ccc1N2c1ccc(C(C)(C)C)cc1)C(C)(C)CCC4(C)C. The third kappa shape index (κ3) is 7.24. The van der Waals surface area contributed by atoms with Gasteiger partial charge < -0.3 is 9.80 Å². The third-order valence-corrected chi connectivity index (χ3v) is 15.3. The molecule has 2 aliphatic heterocycles. The van der Waals surface area contributed by atoms with E-state index in [1.807, 2.05) is 12.1 Å². The highest BCUT2D eigenvalue weighted by Gasteiger charge is 2.47. The second-order valence-corrected chi connectivity index (χ2v) is 24.0. The normalized spacial score (nSPS) is 16.9. The summed E-state index contributed by atoms with van der Waals surface area (Å²) in [5.41, 5.74) is 20.5. The Kier molecular flexibility index (Phi) is 9.27. The molecule has 334 valence electrons. The van der Waals surface area contributed by atoms with Crippen molar-refractivity contribution < 1.29 is 4.11 Å².